The van der Waals surface area contributed by atoms with Gasteiger partial charge >= 0.3 is 0 Å². The molecule has 6 nitrogen and oxygen atoms in total. The van der Waals surface area contributed by atoms with Crippen molar-refractivity contribution < 1.29 is 9.47 Å². The molecule has 0 unspecified atom stereocenters. The van der Waals surface area contributed by atoms with Crippen LogP contribution in [0.5, 0.6) is 11.5 Å². The van der Waals surface area contributed by atoms with Gasteiger partial charge in [0.15, 0.2) is 16.7 Å². The summed E-state index contributed by atoms with van der Waals surface area (Å²) in [7, 11) is 1.90. The Morgan fingerprint density at radius 3 is 3.00 bits per heavy atom. The number of rotatable bonds is 4. The van der Waals surface area contributed by atoms with Crippen LogP contribution in [0.2, 0.25) is 5.02 Å². The van der Waals surface area contributed by atoms with Gasteiger partial charge in [-0.25, -0.2) is 0 Å². The minimum Gasteiger partial charge on any atom is -0.454 e. The van der Waals surface area contributed by atoms with Crippen molar-refractivity contribution in [1.29, 1.82) is 0 Å². The van der Waals surface area contributed by atoms with Crippen molar-refractivity contribution in [3.8, 4) is 11.5 Å². The molecule has 0 aliphatic carbocycles. The summed E-state index contributed by atoms with van der Waals surface area (Å²) in [4.78, 5) is 0. The van der Waals surface area contributed by atoms with Crippen LogP contribution >= 0.6 is 23.4 Å². The van der Waals surface area contributed by atoms with Gasteiger partial charge in [0.2, 0.25) is 6.79 Å². The van der Waals surface area contributed by atoms with Crippen molar-refractivity contribution >= 4 is 23.4 Å². The number of nitrogens with two attached hydrogens (primary N) is 1. The van der Waals surface area contributed by atoms with Crippen molar-refractivity contribution in [3.63, 3.8) is 0 Å². The number of fused-ring (bicyclic) bond motifs is 1. The second-order valence-electron chi connectivity index (χ2n) is 4.26. The quantitative estimate of drug-likeness (QED) is 0.870. The Morgan fingerprint density at radius 2 is 2.25 bits per heavy atom. The summed E-state index contributed by atoms with van der Waals surface area (Å²) in [6.45, 7) is 0.592. The monoisotopic (exact) mass is 312 g/mol. The lowest BCUT2D eigenvalue weighted by Gasteiger charge is -2.05. The molecule has 3 rings (SSSR count). The van der Waals surface area contributed by atoms with Gasteiger partial charge in [0.25, 0.3) is 0 Å². The Labute approximate surface area is 125 Å². The fraction of sp³-hybridized carbons (Fsp3) is 0.333. The molecule has 1 aliphatic rings. The highest BCUT2D eigenvalue weighted by molar-refractivity contribution is 7.98. The molecule has 0 saturated heterocycles. The molecular weight excluding hydrogens is 300 g/mol. The first-order chi connectivity index (χ1) is 9.69. The van der Waals surface area contributed by atoms with Gasteiger partial charge in [0.05, 0.1) is 11.6 Å². The zero-order chi connectivity index (χ0) is 14.1. The maximum atomic E-state index is 6.15. The first-order valence-corrected chi connectivity index (χ1v) is 7.34. The minimum atomic E-state index is 0.217. The molecule has 106 valence electrons. The second-order valence-corrected chi connectivity index (χ2v) is 5.61. The molecule has 1 aliphatic heterocycles. The maximum absolute atomic E-state index is 6.15. The molecule has 0 atom stereocenters. The molecule has 1 aromatic heterocycles. The van der Waals surface area contributed by atoms with E-state index in [-0.39, 0.29) is 6.79 Å². The molecule has 0 fully saturated rings. The van der Waals surface area contributed by atoms with Crippen LogP contribution in [0.15, 0.2) is 17.3 Å². The molecule has 0 amide bonds. The first-order valence-electron chi connectivity index (χ1n) is 5.98. The molecule has 1 aromatic carbocycles. The summed E-state index contributed by atoms with van der Waals surface area (Å²) in [6, 6.07) is 3.81. The van der Waals surface area contributed by atoms with Gasteiger partial charge in [-0.15, -0.1) is 10.2 Å². The molecule has 2 N–H and O–H groups in total. The van der Waals surface area contributed by atoms with Gasteiger partial charge in [-0.3, -0.25) is 0 Å². The van der Waals surface area contributed by atoms with E-state index in [1.807, 2.05) is 23.7 Å². The van der Waals surface area contributed by atoms with Crippen molar-refractivity contribution in [2.75, 3.05) is 6.79 Å². The number of ether oxygens (including phenoxy) is 2. The van der Waals surface area contributed by atoms with Crippen LogP contribution in [0.1, 0.15) is 11.4 Å². The van der Waals surface area contributed by atoms with E-state index < -0.39 is 0 Å². The van der Waals surface area contributed by atoms with Gasteiger partial charge in [0.1, 0.15) is 5.82 Å². The van der Waals surface area contributed by atoms with Crippen molar-refractivity contribution in [3.05, 3.63) is 28.5 Å². The number of benzene rings is 1. The Morgan fingerprint density at radius 1 is 1.40 bits per heavy atom. The number of nitrogens with zero attached hydrogens (tertiary/aromatic N) is 3. The van der Waals surface area contributed by atoms with Gasteiger partial charge < -0.3 is 19.8 Å². The van der Waals surface area contributed by atoms with Gasteiger partial charge in [-0.2, -0.15) is 0 Å². The van der Waals surface area contributed by atoms with Crippen LogP contribution in [-0.2, 0) is 19.3 Å². The molecule has 0 radical (unpaired) electrons. The van der Waals surface area contributed by atoms with E-state index in [1.165, 1.54) is 0 Å². The summed E-state index contributed by atoms with van der Waals surface area (Å²) >= 11 is 7.72. The Hall–Kier alpha value is -1.44. The van der Waals surface area contributed by atoms with Crippen molar-refractivity contribution in [2.24, 2.45) is 12.8 Å². The Balaban J connectivity index is 1.75. The summed E-state index contributed by atoms with van der Waals surface area (Å²) in [5, 5.41) is 9.51. The predicted octanol–water partition coefficient (Wildman–Crippen LogP) is 1.95. The van der Waals surface area contributed by atoms with Crippen LogP contribution in [0, 0.1) is 0 Å². The largest absolute Gasteiger partial charge is 0.454 e. The van der Waals surface area contributed by atoms with Gasteiger partial charge in [-0.1, -0.05) is 23.4 Å². The van der Waals surface area contributed by atoms with Crippen LogP contribution in [0.25, 0.3) is 0 Å². The van der Waals surface area contributed by atoms with Crippen molar-refractivity contribution in [1.82, 2.24) is 14.8 Å². The Bertz CT molecular complexity index is 647. The third-order valence-corrected chi connectivity index (χ3v) is 4.33. The number of hydrogen-bond donors (Lipinski definition) is 1. The number of aromatic nitrogens is 3. The molecule has 0 saturated carbocycles. The van der Waals surface area contributed by atoms with E-state index in [4.69, 9.17) is 26.8 Å². The van der Waals surface area contributed by atoms with E-state index in [0.717, 1.165) is 16.5 Å². The number of thioether (sulfide) groups is 1. The highest BCUT2D eigenvalue weighted by Crippen LogP contribution is 2.40. The number of hydrogen-bond acceptors (Lipinski definition) is 6. The fourth-order valence-corrected chi connectivity index (χ4v) is 3.05. The standard InChI is InChI=1S/C12H13ClN4O2S/c1-17-10(4-14)15-16-12(17)20-5-7-2-8(13)11-9(3-7)18-6-19-11/h2-3H,4-6,14H2,1H3. The highest BCUT2D eigenvalue weighted by atomic mass is 35.5. The van der Waals surface area contributed by atoms with Crippen molar-refractivity contribution in [2.45, 2.75) is 17.5 Å². The Kier molecular flexibility index (Phi) is 3.73. The van der Waals surface area contributed by atoms with E-state index >= 15 is 0 Å². The lowest BCUT2D eigenvalue weighted by atomic mass is 10.2. The lowest BCUT2D eigenvalue weighted by molar-refractivity contribution is 0.174. The smallest absolute Gasteiger partial charge is 0.231 e. The van der Waals surface area contributed by atoms with Crippen LogP contribution in [0.3, 0.4) is 0 Å². The van der Waals surface area contributed by atoms with Gasteiger partial charge in [-0.05, 0) is 17.7 Å². The first kappa shape index (κ1) is 13.5. The van der Waals surface area contributed by atoms with Crippen LogP contribution in [-0.4, -0.2) is 21.6 Å². The molecule has 0 spiro atoms. The zero-order valence-electron chi connectivity index (χ0n) is 10.8. The maximum Gasteiger partial charge on any atom is 0.231 e. The summed E-state index contributed by atoms with van der Waals surface area (Å²) in [5.74, 6) is 2.78. The van der Waals surface area contributed by atoms with E-state index in [0.29, 0.717) is 28.8 Å². The molecule has 2 heterocycles. The average molecular weight is 313 g/mol. The van der Waals surface area contributed by atoms with E-state index in [2.05, 4.69) is 10.2 Å². The normalized spacial score (nSPS) is 12.9. The topological polar surface area (TPSA) is 75.2 Å². The summed E-state index contributed by atoms with van der Waals surface area (Å²) in [6.07, 6.45) is 0. The predicted molar refractivity (Wildman–Crippen MR) is 76.0 cm³/mol. The molecule has 2 aromatic rings. The fourth-order valence-electron chi connectivity index (χ4n) is 1.90. The summed E-state index contributed by atoms with van der Waals surface area (Å²) in [5.41, 5.74) is 6.62. The molecule has 20 heavy (non-hydrogen) atoms. The molecule has 0 bridgehead atoms. The second kappa shape index (κ2) is 5.51. The molecular formula is C12H13ClN4O2S. The average Bonchev–Trinajstić information content (AvgIpc) is 3.03. The third kappa shape index (κ3) is 2.44. The molecule has 8 heteroatoms. The zero-order valence-corrected chi connectivity index (χ0v) is 12.4. The van der Waals surface area contributed by atoms with Crippen LogP contribution < -0.4 is 15.2 Å². The summed E-state index contributed by atoms with van der Waals surface area (Å²) < 4.78 is 12.5. The minimum absolute atomic E-state index is 0.217. The lowest BCUT2D eigenvalue weighted by Crippen LogP contribution is -2.05. The third-order valence-electron chi connectivity index (χ3n) is 2.96. The SMILES string of the molecule is Cn1c(CN)nnc1SCc1cc(Cl)c2c(c1)OCO2. The van der Waals surface area contributed by atoms with E-state index in [9.17, 15) is 0 Å². The number of halogens is 1. The van der Waals surface area contributed by atoms with Gasteiger partial charge in [0, 0.05) is 12.8 Å². The highest BCUT2D eigenvalue weighted by Gasteiger charge is 2.18. The van der Waals surface area contributed by atoms with Crippen LogP contribution in [0.4, 0.5) is 0 Å². The van der Waals surface area contributed by atoms with E-state index in [1.54, 1.807) is 11.8 Å².